The number of ether oxygens (including phenoxy) is 5. The second kappa shape index (κ2) is 12.5. The van der Waals surface area contributed by atoms with Gasteiger partial charge in [-0.2, -0.15) is 0 Å². The van der Waals surface area contributed by atoms with E-state index in [-0.39, 0.29) is 0 Å². The highest BCUT2D eigenvalue weighted by atomic mass is 16.7. The van der Waals surface area contributed by atoms with Gasteiger partial charge in [0, 0.05) is 7.11 Å². The molecule has 176 valence electrons. The van der Waals surface area contributed by atoms with Crippen LogP contribution >= 0.6 is 0 Å². The Balaban J connectivity index is 1.57. The first kappa shape index (κ1) is 24.2. The van der Waals surface area contributed by atoms with Gasteiger partial charge < -0.3 is 23.7 Å². The van der Waals surface area contributed by atoms with Crippen molar-refractivity contribution in [1.29, 1.82) is 0 Å². The number of hydrogen-bond acceptors (Lipinski definition) is 5. The van der Waals surface area contributed by atoms with E-state index in [1.165, 1.54) is 0 Å². The normalized spacial score (nSPS) is 24.4. The van der Waals surface area contributed by atoms with E-state index in [9.17, 15) is 0 Å². The van der Waals surface area contributed by atoms with Gasteiger partial charge in [0.1, 0.15) is 24.4 Å². The summed E-state index contributed by atoms with van der Waals surface area (Å²) in [6.07, 6.45) is 2.92. The number of terminal acetylenes is 1. The molecule has 0 amide bonds. The zero-order valence-electron chi connectivity index (χ0n) is 19.3. The fourth-order valence-electron chi connectivity index (χ4n) is 3.98. The lowest BCUT2D eigenvalue weighted by Crippen LogP contribution is -2.60. The third-order valence-electron chi connectivity index (χ3n) is 5.75. The summed E-state index contributed by atoms with van der Waals surface area (Å²) in [6.45, 7) is 1.14. The second-order valence-corrected chi connectivity index (χ2v) is 8.11. The highest BCUT2D eigenvalue weighted by molar-refractivity contribution is 5.16. The Kier molecular flexibility index (Phi) is 8.86. The fourth-order valence-corrected chi connectivity index (χ4v) is 3.98. The highest BCUT2D eigenvalue weighted by Gasteiger charge is 2.48. The summed E-state index contributed by atoms with van der Waals surface area (Å²) in [6, 6.07) is 29.9. The van der Waals surface area contributed by atoms with E-state index in [1.54, 1.807) is 7.11 Å². The topological polar surface area (TPSA) is 46.2 Å². The maximum Gasteiger partial charge on any atom is 0.187 e. The van der Waals surface area contributed by atoms with Crippen LogP contribution in [0.5, 0.6) is 0 Å². The van der Waals surface area contributed by atoms with Crippen LogP contribution in [0.1, 0.15) is 16.7 Å². The Hall–Kier alpha value is -2.98. The summed E-state index contributed by atoms with van der Waals surface area (Å²) in [4.78, 5) is 0. The standard InChI is InChI=1S/C29H30O5/c1-3-25-26(31-19-22-13-7-4-8-14-22)27(32-20-23-15-9-5-10-16-23)28(29(30-2)34-25)33-21-24-17-11-6-12-18-24/h1,4-18,25-29H,19-21H2,2H3/t25-,26+,27+,28-,29?/m1/s1. The van der Waals surface area contributed by atoms with Crippen LogP contribution in [0, 0.1) is 12.3 Å². The fraction of sp³-hybridized carbons (Fsp3) is 0.310. The molecule has 0 radical (unpaired) electrons. The van der Waals surface area contributed by atoms with Crippen molar-refractivity contribution in [2.24, 2.45) is 0 Å². The molecule has 5 heteroatoms. The van der Waals surface area contributed by atoms with E-state index in [0.717, 1.165) is 16.7 Å². The Morgan fingerprint density at radius 2 is 1.06 bits per heavy atom. The van der Waals surface area contributed by atoms with Crippen LogP contribution < -0.4 is 0 Å². The molecule has 0 N–H and O–H groups in total. The van der Waals surface area contributed by atoms with E-state index in [0.29, 0.717) is 19.8 Å². The molecule has 1 aliphatic rings. The lowest BCUT2D eigenvalue weighted by Gasteiger charge is -2.44. The summed E-state index contributed by atoms with van der Waals surface area (Å²) in [5.74, 6) is 2.71. The quantitative estimate of drug-likeness (QED) is 0.411. The van der Waals surface area contributed by atoms with Crippen LogP contribution in [0.4, 0.5) is 0 Å². The van der Waals surface area contributed by atoms with Crippen LogP contribution in [0.2, 0.25) is 0 Å². The minimum absolute atomic E-state index is 0.376. The van der Waals surface area contributed by atoms with Crippen LogP contribution in [0.15, 0.2) is 91.0 Å². The number of hydrogen-bond donors (Lipinski definition) is 0. The van der Waals surface area contributed by atoms with Gasteiger partial charge in [-0.05, 0) is 16.7 Å². The molecule has 0 bridgehead atoms. The van der Waals surface area contributed by atoms with Crippen molar-refractivity contribution < 1.29 is 23.7 Å². The van der Waals surface area contributed by atoms with Crippen molar-refractivity contribution in [1.82, 2.24) is 0 Å². The first-order valence-electron chi connectivity index (χ1n) is 11.4. The molecule has 0 aromatic heterocycles. The summed E-state index contributed by atoms with van der Waals surface area (Å²) in [5, 5.41) is 0. The molecule has 1 aliphatic heterocycles. The van der Waals surface area contributed by atoms with Gasteiger partial charge in [0.25, 0.3) is 0 Å². The van der Waals surface area contributed by atoms with Crippen LogP contribution in [0.3, 0.4) is 0 Å². The van der Waals surface area contributed by atoms with E-state index < -0.39 is 30.7 Å². The van der Waals surface area contributed by atoms with Crippen LogP contribution in [-0.2, 0) is 43.5 Å². The third-order valence-corrected chi connectivity index (χ3v) is 5.75. The molecule has 0 saturated carbocycles. The van der Waals surface area contributed by atoms with Crippen molar-refractivity contribution in [2.45, 2.75) is 50.5 Å². The predicted molar refractivity (Wildman–Crippen MR) is 130 cm³/mol. The maximum atomic E-state index is 6.43. The molecule has 1 unspecified atom stereocenters. The Labute approximate surface area is 201 Å². The molecular weight excluding hydrogens is 428 g/mol. The number of rotatable bonds is 10. The van der Waals surface area contributed by atoms with Gasteiger partial charge >= 0.3 is 0 Å². The van der Waals surface area contributed by atoms with E-state index in [1.807, 2.05) is 91.0 Å². The highest BCUT2D eigenvalue weighted by Crippen LogP contribution is 2.30. The molecule has 5 atom stereocenters. The molecule has 0 spiro atoms. The number of methoxy groups -OCH3 is 1. The van der Waals surface area contributed by atoms with Gasteiger partial charge in [-0.25, -0.2) is 0 Å². The van der Waals surface area contributed by atoms with Crippen molar-refractivity contribution in [3.63, 3.8) is 0 Å². The zero-order valence-corrected chi connectivity index (χ0v) is 19.3. The first-order valence-corrected chi connectivity index (χ1v) is 11.4. The van der Waals surface area contributed by atoms with Crippen LogP contribution in [0.25, 0.3) is 0 Å². The third kappa shape index (κ3) is 6.32. The molecule has 5 nitrogen and oxygen atoms in total. The molecule has 1 heterocycles. The first-order chi connectivity index (χ1) is 16.8. The molecule has 1 saturated heterocycles. The van der Waals surface area contributed by atoms with Gasteiger partial charge in [-0.1, -0.05) is 96.9 Å². The van der Waals surface area contributed by atoms with Gasteiger partial charge in [0.15, 0.2) is 6.29 Å². The van der Waals surface area contributed by atoms with Gasteiger partial charge in [0.05, 0.1) is 19.8 Å². The summed E-state index contributed by atoms with van der Waals surface area (Å²) >= 11 is 0. The molecule has 4 rings (SSSR count). The van der Waals surface area contributed by atoms with E-state index >= 15 is 0 Å². The smallest absolute Gasteiger partial charge is 0.187 e. The van der Waals surface area contributed by atoms with Crippen molar-refractivity contribution in [3.05, 3.63) is 108 Å². The second-order valence-electron chi connectivity index (χ2n) is 8.11. The lowest BCUT2D eigenvalue weighted by molar-refractivity contribution is -0.307. The monoisotopic (exact) mass is 458 g/mol. The summed E-state index contributed by atoms with van der Waals surface area (Å²) in [5.41, 5.74) is 3.12. The SMILES string of the molecule is C#C[C@H]1OC(OC)[C@H](OCc2ccccc2)[C@@H](OCc2ccccc2)[C@H]1OCc1ccccc1. The molecular formula is C29H30O5. The number of benzene rings is 3. The zero-order chi connectivity index (χ0) is 23.6. The Morgan fingerprint density at radius 3 is 1.47 bits per heavy atom. The Bertz CT molecular complexity index is 1020. The molecule has 3 aromatic rings. The van der Waals surface area contributed by atoms with Crippen LogP contribution in [-0.4, -0.2) is 37.8 Å². The van der Waals surface area contributed by atoms with Crippen molar-refractivity contribution in [2.75, 3.05) is 7.11 Å². The minimum atomic E-state index is -0.692. The predicted octanol–water partition coefficient (Wildman–Crippen LogP) is 4.75. The van der Waals surface area contributed by atoms with Gasteiger partial charge in [-0.15, -0.1) is 6.42 Å². The van der Waals surface area contributed by atoms with E-state index in [2.05, 4.69) is 5.92 Å². The summed E-state index contributed by atoms with van der Waals surface area (Å²) in [7, 11) is 1.58. The average molecular weight is 459 g/mol. The van der Waals surface area contributed by atoms with Crippen molar-refractivity contribution in [3.8, 4) is 12.3 Å². The minimum Gasteiger partial charge on any atom is -0.368 e. The van der Waals surface area contributed by atoms with Gasteiger partial charge in [0.2, 0.25) is 0 Å². The maximum absolute atomic E-state index is 6.43. The largest absolute Gasteiger partial charge is 0.368 e. The van der Waals surface area contributed by atoms with Crippen molar-refractivity contribution >= 4 is 0 Å². The lowest BCUT2D eigenvalue weighted by atomic mass is 9.98. The van der Waals surface area contributed by atoms with Gasteiger partial charge in [-0.3, -0.25) is 0 Å². The molecule has 0 aliphatic carbocycles. The molecule has 34 heavy (non-hydrogen) atoms. The average Bonchev–Trinajstić information content (AvgIpc) is 2.91. The van der Waals surface area contributed by atoms with E-state index in [4.69, 9.17) is 30.1 Å². The Morgan fingerprint density at radius 1 is 0.647 bits per heavy atom. The molecule has 1 fully saturated rings. The molecule has 3 aromatic carbocycles. The summed E-state index contributed by atoms with van der Waals surface area (Å²) < 4.78 is 30.8.